The molecule has 0 aromatic heterocycles. The number of benzene rings is 2. The van der Waals surface area contributed by atoms with E-state index in [0.29, 0.717) is 0 Å². The molecule has 0 unspecified atom stereocenters. The van der Waals surface area contributed by atoms with Gasteiger partial charge >= 0.3 is 0 Å². The molecule has 0 amide bonds. The highest BCUT2D eigenvalue weighted by Gasteiger charge is 2.10. The van der Waals surface area contributed by atoms with Crippen molar-refractivity contribution in [1.29, 1.82) is 0 Å². The molecule has 0 saturated heterocycles. The van der Waals surface area contributed by atoms with Gasteiger partial charge in [0.15, 0.2) is 11.7 Å². The maximum atomic E-state index is 13.9. The van der Waals surface area contributed by atoms with Gasteiger partial charge in [-0.25, -0.2) is 8.78 Å². The fourth-order valence-corrected chi connectivity index (χ4v) is 1.81. The van der Waals surface area contributed by atoms with Crippen LogP contribution in [0.15, 0.2) is 53.0 Å². The van der Waals surface area contributed by atoms with Crippen LogP contribution >= 0.6 is 15.9 Å². The summed E-state index contributed by atoms with van der Waals surface area (Å²) in [6.45, 7) is 1.90. The van der Waals surface area contributed by atoms with Crippen LogP contribution in [0.5, 0.6) is 0 Å². The molecule has 92 valence electrons. The summed E-state index contributed by atoms with van der Waals surface area (Å²) in [5.41, 5.74) is 1.49. The SMILES string of the molecule is Cc1ccc(/C(F)=C(/F)c2ccc(Br)cc2)cc1. The van der Waals surface area contributed by atoms with E-state index in [1.165, 1.54) is 12.1 Å². The minimum atomic E-state index is -0.841. The second kappa shape index (κ2) is 5.44. The van der Waals surface area contributed by atoms with Crippen molar-refractivity contribution in [2.45, 2.75) is 6.92 Å². The van der Waals surface area contributed by atoms with Crippen LogP contribution < -0.4 is 0 Å². The molecule has 0 bridgehead atoms. The van der Waals surface area contributed by atoms with E-state index in [9.17, 15) is 8.78 Å². The minimum Gasteiger partial charge on any atom is -0.203 e. The third-order valence-corrected chi connectivity index (χ3v) is 3.12. The van der Waals surface area contributed by atoms with Gasteiger partial charge in [0.05, 0.1) is 0 Å². The standard InChI is InChI=1S/C15H11BrF2/c1-10-2-4-11(5-3-10)14(17)15(18)12-6-8-13(16)9-7-12/h2-9H,1H3/b15-14-. The summed E-state index contributed by atoms with van der Waals surface area (Å²) >= 11 is 3.25. The molecule has 0 aliphatic heterocycles. The van der Waals surface area contributed by atoms with Gasteiger partial charge in [-0.3, -0.25) is 0 Å². The van der Waals surface area contributed by atoms with Crippen molar-refractivity contribution in [2.24, 2.45) is 0 Å². The molecule has 0 saturated carbocycles. The Morgan fingerprint density at radius 2 is 1.17 bits per heavy atom. The molecule has 2 aromatic carbocycles. The van der Waals surface area contributed by atoms with E-state index in [1.54, 1.807) is 36.4 Å². The van der Waals surface area contributed by atoms with E-state index < -0.39 is 11.7 Å². The molecule has 0 spiro atoms. The van der Waals surface area contributed by atoms with Crippen molar-refractivity contribution < 1.29 is 8.78 Å². The van der Waals surface area contributed by atoms with E-state index in [0.717, 1.165) is 10.0 Å². The molecular formula is C15H11BrF2. The van der Waals surface area contributed by atoms with Crippen molar-refractivity contribution in [3.05, 3.63) is 69.7 Å². The molecule has 0 aliphatic rings. The molecule has 18 heavy (non-hydrogen) atoms. The highest BCUT2D eigenvalue weighted by Crippen LogP contribution is 2.29. The Hall–Kier alpha value is -1.48. The summed E-state index contributed by atoms with van der Waals surface area (Å²) in [6, 6.07) is 13.1. The number of hydrogen-bond acceptors (Lipinski definition) is 0. The molecule has 0 aliphatic carbocycles. The average molecular weight is 309 g/mol. The van der Waals surface area contributed by atoms with Gasteiger partial charge in [0.1, 0.15) is 0 Å². The van der Waals surface area contributed by atoms with Crippen LogP contribution in [0.1, 0.15) is 16.7 Å². The zero-order valence-corrected chi connectivity index (χ0v) is 11.3. The lowest BCUT2D eigenvalue weighted by atomic mass is 10.1. The second-order valence-electron chi connectivity index (χ2n) is 4.00. The van der Waals surface area contributed by atoms with Crippen LogP contribution in [0.2, 0.25) is 0 Å². The van der Waals surface area contributed by atoms with Gasteiger partial charge in [-0.05, 0) is 19.1 Å². The van der Waals surface area contributed by atoms with Crippen LogP contribution in [-0.4, -0.2) is 0 Å². The molecule has 0 radical (unpaired) electrons. The van der Waals surface area contributed by atoms with Crippen LogP contribution in [0, 0.1) is 6.92 Å². The molecular weight excluding hydrogens is 298 g/mol. The normalized spacial score (nSPS) is 12.2. The largest absolute Gasteiger partial charge is 0.203 e. The van der Waals surface area contributed by atoms with Crippen LogP contribution in [0.4, 0.5) is 8.78 Å². The van der Waals surface area contributed by atoms with Gasteiger partial charge in [-0.15, -0.1) is 0 Å². The second-order valence-corrected chi connectivity index (χ2v) is 4.92. The molecule has 3 heteroatoms. The van der Waals surface area contributed by atoms with Crippen LogP contribution in [0.3, 0.4) is 0 Å². The number of hydrogen-bond donors (Lipinski definition) is 0. The Labute approximate surface area is 113 Å². The highest BCUT2D eigenvalue weighted by molar-refractivity contribution is 9.10. The van der Waals surface area contributed by atoms with Gasteiger partial charge in [-0.2, -0.15) is 0 Å². The quantitative estimate of drug-likeness (QED) is 0.641. The molecule has 0 atom stereocenters. The van der Waals surface area contributed by atoms with Gasteiger partial charge in [0, 0.05) is 15.6 Å². The highest BCUT2D eigenvalue weighted by atomic mass is 79.9. The number of rotatable bonds is 2. The molecule has 0 heterocycles. The van der Waals surface area contributed by atoms with E-state index in [4.69, 9.17) is 0 Å². The summed E-state index contributed by atoms with van der Waals surface area (Å²) in [7, 11) is 0. The Morgan fingerprint density at radius 1 is 0.778 bits per heavy atom. The summed E-state index contributed by atoms with van der Waals surface area (Å²) < 4.78 is 28.7. The fourth-order valence-electron chi connectivity index (χ4n) is 1.55. The molecule has 0 fully saturated rings. The first-order valence-corrected chi connectivity index (χ1v) is 6.25. The molecule has 2 aromatic rings. The Balaban J connectivity index is 2.40. The predicted octanol–water partition coefficient (Wildman–Crippen LogP) is 5.52. The average Bonchev–Trinajstić information content (AvgIpc) is 2.39. The molecule has 0 nitrogen and oxygen atoms in total. The summed E-state index contributed by atoms with van der Waals surface area (Å²) in [4.78, 5) is 0. The van der Waals surface area contributed by atoms with Crippen molar-refractivity contribution in [2.75, 3.05) is 0 Å². The van der Waals surface area contributed by atoms with E-state index in [2.05, 4.69) is 15.9 Å². The summed E-state index contributed by atoms with van der Waals surface area (Å²) in [6.07, 6.45) is 0. The molecule has 0 N–H and O–H groups in total. The summed E-state index contributed by atoms with van der Waals surface area (Å²) in [5, 5.41) is 0. The fraction of sp³-hybridized carbons (Fsp3) is 0.0667. The van der Waals surface area contributed by atoms with Gasteiger partial charge in [-0.1, -0.05) is 57.9 Å². The zero-order valence-electron chi connectivity index (χ0n) is 9.75. The van der Waals surface area contributed by atoms with Crippen molar-refractivity contribution in [3.63, 3.8) is 0 Å². The maximum Gasteiger partial charge on any atom is 0.166 e. The maximum absolute atomic E-state index is 13.9. The number of halogens is 3. The lowest BCUT2D eigenvalue weighted by molar-refractivity contribution is 0.700. The van der Waals surface area contributed by atoms with Gasteiger partial charge in [0.25, 0.3) is 0 Å². The Bertz CT molecular complexity index is 515. The lowest BCUT2D eigenvalue weighted by Gasteiger charge is -2.03. The minimum absolute atomic E-state index is 0.233. The lowest BCUT2D eigenvalue weighted by Crippen LogP contribution is -1.84. The van der Waals surface area contributed by atoms with Crippen LogP contribution in [-0.2, 0) is 0 Å². The van der Waals surface area contributed by atoms with E-state index in [-0.39, 0.29) is 11.1 Å². The first-order valence-electron chi connectivity index (χ1n) is 5.46. The third kappa shape index (κ3) is 2.85. The topological polar surface area (TPSA) is 0 Å². The first kappa shape index (κ1) is 13.0. The Morgan fingerprint density at radius 3 is 1.61 bits per heavy atom. The predicted molar refractivity (Wildman–Crippen MR) is 74.4 cm³/mol. The monoisotopic (exact) mass is 308 g/mol. The van der Waals surface area contributed by atoms with E-state index >= 15 is 0 Å². The summed E-state index contributed by atoms with van der Waals surface area (Å²) in [5.74, 6) is -1.68. The van der Waals surface area contributed by atoms with Crippen LogP contribution in [0.25, 0.3) is 11.7 Å². The first-order chi connectivity index (χ1) is 8.58. The van der Waals surface area contributed by atoms with E-state index in [1.807, 2.05) is 6.92 Å². The third-order valence-electron chi connectivity index (χ3n) is 2.60. The van der Waals surface area contributed by atoms with Crippen molar-refractivity contribution >= 4 is 27.6 Å². The zero-order chi connectivity index (χ0) is 13.1. The Kier molecular flexibility index (Phi) is 3.92. The smallest absolute Gasteiger partial charge is 0.166 e. The van der Waals surface area contributed by atoms with Crippen molar-refractivity contribution in [1.82, 2.24) is 0 Å². The molecule has 2 rings (SSSR count). The number of aryl methyl sites for hydroxylation is 1. The van der Waals surface area contributed by atoms with Gasteiger partial charge in [0.2, 0.25) is 0 Å². The van der Waals surface area contributed by atoms with Crippen molar-refractivity contribution in [3.8, 4) is 0 Å². The van der Waals surface area contributed by atoms with Gasteiger partial charge < -0.3 is 0 Å².